The van der Waals surface area contributed by atoms with Crippen LogP contribution in [0.3, 0.4) is 0 Å². The number of nitrogen functional groups attached to an aromatic ring is 1. The highest BCUT2D eigenvalue weighted by Gasteiger charge is 2.26. The highest BCUT2D eigenvalue weighted by Crippen LogP contribution is 2.30. The van der Waals surface area contributed by atoms with Gasteiger partial charge in [-0.25, -0.2) is 4.98 Å². The minimum atomic E-state index is 0.0269. The monoisotopic (exact) mass is 265 g/mol. The predicted octanol–water partition coefficient (Wildman–Crippen LogP) is 4.01. The van der Waals surface area contributed by atoms with Crippen molar-refractivity contribution in [2.24, 2.45) is 11.3 Å². The molecule has 110 valence electrons. The lowest BCUT2D eigenvalue weighted by molar-refractivity contribution is 0.406. The van der Waals surface area contributed by atoms with Gasteiger partial charge < -0.3 is 10.3 Å². The molecule has 1 heterocycles. The highest BCUT2D eigenvalue weighted by atomic mass is 15.2. The Morgan fingerprint density at radius 1 is 1.11 bits per heavy atom. The summed E-state index contributed by atoms with van der Waals surface area (Å²) in [4.78, 5) is 4.86. The van der Waals surface area contributed by atoms with E-state index in [2.05, 4.69) is 60.0 Å². The normalized spacial score (nSPS) is 13.3. The molecule has 0 fully saturated rings. The zero-order valence-electron chi connectivity index (χ0n) is 14.0. The topological polar surface area (TPSA) is 43.8 Å². The van der Waals surface area contributed by atoms with Gasteiger partial charge >= 0.3 is 0 Å². The predicted molar refractivity (Wildman–Crippen MR) is 83.3 cm³/mol. The van der Waals surface area contributed by atoms with Crippen molar-refractivity contribution in [3.05, 3.63) is 11.5 Å². The first-order valence-corrected chi connectivity index (χ1v) is 7.27. The second-order valence-electron chi connectivity index (χ2n) is 8.26. The summed E-state index contributed by atoms with van der Waals surface area (Å²) in [5.74, 6) is 2.53. The lowest BCUT2D eigenvalue weighted by atomic mass is 9.90. The van der Waals surface area contributed by atoms with Crippen molar-refractivity contribution in [3.63, 3.8) is 0 Å². The van der Waals surface area contributed by atoms with Gasteiger partial charge in [0.1, 0.15) is 11.6 Å². The summed E-state index contributed by atoms with van der Waals surface area (Å²) in [5, 5.41) is 0. The van der Waals surface area contributed by atoms with Gasteiger partial charge in [0.05, 0.1) is 5.69 Å². The third-order valence-electron chi connectivity index (χ3n) is 3.00. The Hall–Kier alpha value is -0.990. The summed E-state index contributed by atoms with van der Waals surface area (Å²) < 4.78 is 2.21. The first kappa shape index (κ1) is 16.1. The molecule has 2 N–H and O–H groups in total. The van der Waals surface area contributed by atoms with E-state index in [1.807, 2.05) is 0 Å². The largest absolute Gasteiger partial charge is 0.384 e. The van der Waals surface area contributed by atoms with Crippen LogP contribution < -0.4 is 5.73 Å². The SMILES string of the molecule is CC(C)Cn1c(C(C)(C)C)nc(CC(C)(C)C)c1N. The van der Waals surface area contributed by atoms with E-state index < -0.39 is 0 Å². The van der Waals surface area contributed by atoms with Gasteiger partial charge in [0.15, 0.2) is 0 Å². The van der Waals surface area contributed by atoms with E-state index >= 15 is 0 Å². The molecule has 0 radical (unpaired) electrons. The Bertz CT molecular complexity index is 428. The minimum absolute atomic E-state index is 0.0269. The molecule has 0 aliphatic heterocycles. The summed E-state index contributed by atoms with van der Waals surface area (Å²) in [6.07, 6.45) is 0.924. The van der Waals surface area contributed by atoms with Crippen molar-refractivity contribution < 1.29 is 0 Å². The molecule has 0 saturated carbocycles. The van der Waals surface area contributed by atoms with Crippen LogP contribution in [0.1, 0.15) is 66.9 Å². The minimum Gasteiger partial charge on any atom is -0.384 e. The maximum Gasteiger partial charge on any atom is 0.126 e. The molecule has 1 aromatic rings. The molecule has 0 aliphatic rings. The molecule has 0 spiro atoms. The van der Waals surface area contributed by atoms with Crippen molar-refractivity contribution >= 4 is 5.82 Å². The van der Waals surface area contributed by atoms with Gasteiger partial charge in [-0.2, -0.15) is 0 Å². The number of rotatable bonds is 3. The van der Waals surface area contributed by atoms with E-state index in [1.54, 1.807) is 0 Å². The van der Waals surface area contributed by atoms with Crippen LogP contribution in [0.5, 0.6) is 0 Å². The Balaban J connectivity index is 3.27. The number of imidazole rings is 1. The molecule has 3 nitrogen and oxygen atoms in total. The maximum absolute atomic E-state index is 6.36. The van der Waals surface area contributed by atoms with E-state index in [4.69, 9.17) is 10.7 Å². The van der Waals surface area contributed by atoms with Crippen LogP contribution in [0.4, 0.5) is 5.82 Å². The van der Waals surface area contributed by atoms with Crippen LogP contribution in [-0.4, -0.2) is 9.55 Å². The van der Waals surface area contributed by atoms with Crippen LogP contribution in [0, 0.1) is 11.3 Å². The van der Waals surface area contributed by atoms with Crippen molar-refractivity contribution in [1.29, 1.82) is 0 Å². The summed E-state index contributed by atoms with van der Waals surface area (Å²) >= 11 is 0. The quantitative estimate of drug-likeness (QED) is 0.897. The van der Waals surface area contributed by atoms with Crippen LogP contribution in [0.2, 0.25) is 0 Å². The Morgan fingerprint density at radius 2 is 1.63 bits per heavy atom. The van der Waals surface area contributed by atoms with Crippen LogP contribution in [0.25, 0.3) is 0 Å². The van der Waals surface area contributed by atoms with Crippen molar-refractivity contribution in [1.82, 2.24) is 9.55 Å². The molecule has 1 aromatic heterocycles. The molecule has 0 amide bonds. The molecular formula is C16H31N3. The van der Waals surface area contributed by atoms with Crippen LogP contribution in [-0.2, 0) is 18.4 Å². The second kappa shape index (κ2) is 5.18. The molecular weight excluding hydrogens is 234 g/mol. The lowest BCUT2D eigenvalue weighted by Gasteiger charge is -2.21. The molecule has 19 heavy (non-hydrogen) atoms. The van der Waals surface area contributed by atoms with Gasteiger partial charge in [-0.1, -0.05) is 55.4 Å². The van der Waals surface area contributed by atoms with Gasteiger partial charge in [-0.3, -0.25) is 0 Å². The maximum atomic E-state index is 6.36. The number of nitrogens with zero attached hydrogens (tertiary/aromatic N) is 2. The highest BCUT2D eigenvalue weighted by molar-refractivity contribution is 5.40. The van der Waals surface area contributed by atoms with Gasteiger partial charge in [0.25, 0.3) is 0 Å². The summed E-state index contributed by atoms with van der Waals surface area (Å²) in [7, 11) is 0. The second-order valence-corrected chi connectivity index (χ2v) is 8.26. The zero-order valence-corrected chi connectivity index (χ0v) is 14.0. The number of aromatic nitrogens is 2. The Morgan fingerprint density at radius 3 is 2.00 bits per heavy atom. The number of anilines is 1. The fourth-order valence-corrected chi connectivity index (χ4v) is 2.27. The third kappa shape index (κ3) is 4.26. The van der Waals surface area contributed by atoms with Gasteiger partial charge in [0, 0.05) is 12.0 Å². The van der Waals surface area contributed by atoms with Crippen LogP contribution >= 0.6 is 0 Å². The van der Waals surface area contributed by atoms with Crippen molar-refractivity contribution in [2.45, 2.75) is 73.8 Å². The molecule has 1 rings (SSSR count). The van der Waals surface area contributed by atoms with Crippen molar-refractivity contribution in [2.75, 3.05) is 5.73 Å². The standard InChI is InChI=1S/C16H31N3/c1-11(2)10-19-13(17)12(9-15(3,4)5)18-14(19)16(6,7)8/h11H,9-10,17H2,1-8H3. The first-order chi connectivity index (χ1) is 8.42. The van der Waals surface area contributed by atoms with Crippen molar-refractivity contribution in [3.8, 4) is 0 Å². The third-order valence-corrected chi connectivity index (χ3v) is 3.00. The van der Waals surface area contributed by atoms with E-state index in [0.717, 1.165) is 30.3 Å². The fourth-order valence-electron chi connectivity index (χ4n) is 2.27. The smallest absolute Gasteiger partial charge is 0.126 e. The number of hydrogen-bond donors (Lipinski definition) is 1. The van der Waals surface area contributed by atoms with Crippen LogP contribution in [0.15, 0.2) is 0 Å². The fraction of sp³-hybridized carbons (Fsp3) is 0.812. The average Bonchev–Trinajstić information content (AvgIpc) is 2.42. The summed E-state index contributed by atoms with van der Waals surface area (Å²) in [6.45, 7) is 18.7. The molecule has 0 bridgehead atoms. The summed E-state index contributed by atoms with van der Waals surface area (Å²) in [6, 6.07) is 0. The first-order valence-electron chi connectivity index (χ1n) is 7.27. The average molecular weight is 265 g/mol. The number of hydrogen-bond acceptors (Lipinski definition) is 2. The van der Waals surface area contributed by atoms with Gasteiger partial charge in [-0.05, 0) is 17.8 Å². The molecule has 0 unspecified atom stereocenters. The van der Waals surface area contributed by atoms with E-state index in [9.17, 15) is 0 Å². The van der Waals surface area contributed by atoms with E-state index in [1.165, 1.54) is 0 Å². The zero-order chi connectivity index (χ0) is 15.0. The molecule has 0 aliphatic carbocycles. The molecule has 0 aromatic carbocycles. The lowest BCUT2D eigenvalue weighted by Crippen LogP contribution is -2.21. The number of nitrogens with two attached hydrogens (primary N) is 1. The Labute approximate surface area is 118 Å². The molecule has 0 atom stereocenters. The summed E-state index contributed by atoms with van der Waals surface area (Å²) in [5.41, 5.74) is 7.65. The van der Waals surface area contributed by atoms with Gasteiger partial charge in [-0.15, -0.1) is 0 Å². The Kier molecular flexibility index (Phi) is 4.38. The molecule has 0 saturated heterocycles. The van der Waals surface area contributed by atoms with E-state index in [0.29, 0.717) is 5.92 Å². The van der Waals surface area contributed by atoms with Gasteiger partial charge in [0.2, 0.25) is 0 Å². The molecule has 3 heteroatoms. The van der Waals surface area contributed by atoms with E-state index in [-0.39, 0.29) is 10.8 Å².